The number of benzene rings is 3. The number of rotatable bonds is 4. The van der Waals surface area contributed by atoms with Crippen LogP contribution in [0.4, 0.5) is 0 Å². The van der Waals surface area contributed by atoms with E-state index in [1.165, 1.54) is 0 Å². The molecule has 0 bridgehead atoms. The summed E-state index contributed by atoms with van der Waals surface area (Å²) >= 11 is 0. The smallest absolute Gasteiger partial charge is 0.287 e. The lowest BCUT2D eigenvalue weighted by molar-refractivity contribution is 0.204. The number of aliphatic hydroxyl groups is 1. The van der Waals surface area contributed by atoms with Crippen molar-refractivity contribution in [1.29, 1.82) is 0 Å². The van der Waals surface area contributed by atoms with Gasteiger partial charge in [0, 0.05) is 17.0 Å². The standard InChI is InChI=1S/C32H36O3/c1-31(2,3)26-19-23(34-7)20-27(32(4,5)6)29(26)35-30(33)28-24-16-12-11-15-22(24)17-18-25(28)21-13-9-8-10-14-21/h8-20,25,33H,1-7H3/b30-28+/t25-/m1/s1. The molecule has 0 aliphatic heterocycles. The van der Waals surface area contributed by atoms with Crippen LogP contribution in [0.5, 0.6) is 11.5 Å². The van der Waals surface area contributed by atoms with Crippen molar-refractivity contribution in [2.75, 3.05) is 7.11 Å². The van der Waals surface area contributed by atoms with Gasteiger partial charge in [0.25, 0.3) is 5.95 Å². The number of aliphatic hydroxyl groups excluding tert-OH is 1. The molecular formula is C32H36O3. The summed E-state index contributed by atoms with van der Waals surface area (Å²) in [7, 11) is 1.68. The van der Waals surface area contributed by atoms with Gasteiger partial charge in [-0.05, 0) is 39.7 Å². The summed E-state index contributed by atoms with van der Waals surface area (Å²) in [5.74, 6) is 1.28. The Morgan fingerprint density at radius 1 is 0.800 bits per heavy atom. The first-order chi connectivity index (χ1) is 16.5. The lowest BCUT2D eigenvalue weighted by Crippen LogP contribution is -2.21. The SMILES string of the molecule is COc1cc(C(C)(C)C)c(O/C(O)=C2\c3ccccc3C=C[C@@H]2c2ccccc2)c(C(C)(C)C)c1. The number of methoxy groups -OCH3 is 1. The fourth-order valence-corrected chi connectivity index (χ4v) is 4.63. The van der Waals surface area contributed by atoms with Gasteiger partial charge in [0.05, 0.1) is 12.7 Å². The topological polar surface area (TPSA) is 38.7 Å². The van der Waals surface area contributed by atoms with Gasteiger partial charge in [-0.2, -0.15) is 0 Å². The van der Waals surface area contributed by atoms with Crippen molar-refractivity contribution < 1.29 is 14.6 Å². The first-order valence-electron chi connectivity index (χ1n) is 12.2. The van der Waals surface area contributed by atoms with Crippen LogP contribution in [0.25, 0.3) is 11.6 Å². The molecule has 0 saturated heterocycles. The number of hydrogen-bond acceptors (Lipinski definition) is 3. The van der Waals surface area contributed by atoms with Gasteiger partial charge in [-0.3, -0.25) is 0 Å². The van der Waals surface area contributed by atoms with Crippen LogP contribution < -0.4 is 9.47 Å². The van der Waals surface area contributed by atoms with Crippen molar-refractivity contribution in [3.05, 3.63) is 107 Å². The molecule has 0 radical (unpaired) electrons. The molecule has 1 aliphatic carbocycles. The molecule has 0 heterocycles. The number of fused-ring (bicyclic) bond motifs is 1. The highest BCUT2D eigenvalue weighted by Crippen LogP contribution is 2.46. The summed E-state index contributed by atoms with van der Waals surface area (Å²) in [6, 6.07) is 22.4. The lowest BCUT2D eigenvalue weighted by Gasteiger charge is -2.31. The molecule has 3 aromatic carbocycles. The molecule has 4 rings (SSSR count). The third-order valence-corrected chi connectivity index (χ3v) is 6.53. The highest BCUT2D eigenvalue weighted by atomic mass is 16.6. The molecule has 0 saturated carbocycles. The van der Waals surface area contributed by atoms with E-state index in [1.54, 1.807) is 7.11 Å². The fraction of sp³-hybridized carbons (Fsp3) is 0.312. The first kappa shape index (κ1) is 24.7. The van der Waals surface area contributed by atoms with Gasteiger partial charge >= 0.3 is 0 Å². The maximum atomic E-state index is 11.7. The highest BCUT2D eigenvalue weighted by molar-refractivity contribution is 5.84. The van der Waals surface area contributed by atoms with Crippen LogP contribution in [0.3, 0.4) is 0 Å². The van der Waals surface area contributed by atoms with Crippen LogP contribution in [-0.2, 0) is 10.8 Å². The van der Waals surface area contributed by atoms with Gasteiger partial charge in [0.2, 0.25) is 0 Å². The largest absolute Gasteiger partial charge is 0.497 e. The van der Waals surface area contributed by atoms with E-state index in [-0.39, 0.29) is 22.7 Å². The summed E-state index contributed by atoms with van der Waals surface area (Å²) in [6.45, 7) is 12.9. The van der Waals surface area contributed by atoms with Crippen LogP contribution in [0.15, 0.2) is 78.8 Å². The van der Waals surface area contributed by atoms with E-state index in [0.29, 0.717) is 5.75 Å². The molecule has 1 N–H and O–H groups in total. The van der Waals surface area contributed by atoms with Gasteiger partial charge in [-0.15, -0.1) is 0 Å². The van der Waals surface area contributed by atoms with Crippen molar-refractivity contribution in [1.82, 2.24) is 0 Å². The van der Waals surface area contributed by atoms with Crippen molar-refractivity contribution in [2.45, 2.75) is 58.3 Å². The van der Waals surface area contributed by atoms with E-state index in [4.69, 9.17) is 9.47 Å². The van der Waals surface area contributed by atoms with Crippen molar-refractivity contribution in [2.24, 2.45) is 0 Å². The second-order valence-corrected chi connectivity index (χ2v) is 11.2. The molecule has 1 atom stereocenters. The molecule has 3 nitrogen and oxygen atoms in total. The zero-order valence-electron chi connectivity index (χ0n) is 21.8. The summed E-state index contributed by atoms with van der Waals surface area (Å²) in [5, 5.41) is 11.7. The van der Waals surface area contributed by atoms with E-state index < -0.39 is 0 Å². The maximum Gasteiger partial charge on any atom is 0.287 e. The minimum atomic E-state index is -0.224. The zero-order chi connectivity index (χ0) is 25.4. The Balaban J connectivity index is 1.96. The summed E-state index contributed by atoms with van der Waals surface area (Å²) in [6.07, 6.45) is 4.26. The quantitative estimate of drug-likeness (QED) is 0.391. The first-order valence-corrected chi connectivity index (χ1v) is 12.2. The average Bonchev–Trinajstić information content (AvgIpc) is 2.82. The van der Waals surface area contributed by atoms with Gasteiger partial charge in [0.1, 0.15) is 11.5 Å². The molecule has 0 fully saturated rings. The predicted octanol–water partition coefficient (Wildman–Crippen LogP) is 8.41. The van der Waals surface area contributed by atoms with E-state index in [0.717, 1.165) is 39.1 Å². The maximum absolute atomic E-state index is 11.7. The summed E-state index contributed by atoms with van der Waals surface area (Å²) in [4.78, 5) is 0. The van der Waals surface area contributed by atoms with Gasteiger partial charge in [0.15, 0.2) is 0 Å². The molecule has 1 aliphatic rings. The van der Waals surface area contributed by atoms with Crippen LogP contribution in [0, 0.1) is 0 Å². The molecule has 0 amide bonds. The molecular weight excluding hydrogens is 432 g/mol. The summed E-state index contributed by atoms with van der Waals surface area (Å²) < 4.78 is 12.2. The highest BCUT2D eigenvalue weighted by Gasteiger charge is 2.31. The zero-order valence-corrected chi connectivity index (χ0v) is 21.8. The second-order valence-electron chi connectivity index (χ2n) is 11.2. The Bertz CT molecular complexity index is 1230. The minimum Gasteiger partial charge on any atom is -0.497 e. The molecule has 182 valence electrons. The van der Waals surface area contributed by atoms with Gasteiger partial charge < -0.3 is 14.6 Å². The monoisotopic (exact) mass is 468 g/mol. The minimum absolute atomic E-state index is 0.0724. The molecule has 0 aromatic heterocycles. The fourth-order valence-electron chi connectivity index (χ4n) is 4.63. The van der Waals surface area contributed by atoms with Crippen molar-refractivity contribution in [3.8, 4) is 11.5 Å². The van der Waals surface area contributed by atoms with Crippen LogP contribution in [0.1, 0.15) is 75.3 Å². The van der Waals surface area contributed by atoms with Crippen molar-refractivity contribution in [3.63, 3.8) is 0 Å². The normalized spacial score (nSPS) is 17.1. The Kier molecular flexibility index (Phi) is 6.55. The number of allylic oxidation sites excluding steroid dienone is 2. The number of ether oxygens (including phenoxy) is 2. The average molecular weight is 469 g/mol. The van der Waals surface area contributed by atoms with E-state index in [2.05, 4.69) is 71.9 Å². The molecule has 35 heavy (non-hydrogen) atoms. The Labute approximate surface area is 209 Å². The predicted molar refractivity (Wildman–Crippen MR) is 145 cm³/mol. The lowest BCUT2D eigenvalue weighted by atomic mass is 9.79. The van der Waals surface area contributed by atoms with Gasteiger partial charge in [-0.1, -0.05) is 108 Å². The van der Waals surface area contributed by atoms with Gasteiger partial charge in [-0.25, -0.2) is 0 Å². The summed E-state index contributed by atoms with van der Waals surface area (Å²) in [5.41, 5.74) is 5.44. The molecule has 0 unspecified atom stereocenters. The second kappa shape index (κ2) is 9.30. The van der Waals surface area contributed by atoms with Crippen molar-refractivity contribution >= 4 is 11.6 Å². The van der Waals surface area contributed by atoms with E-state index in [9.17, 15) is 5.11 Å². The molecule has 0 spiro atoms. The third kappa shape index (κ3) is 5.00. The molecule has 3 aromatic rings. The Morgan fingerprint density at radius 3 is 1.94 bits per heavy atom. The van der Waals surface area contributed by atoms with Crippen LogP contribution in [0.2, 0.25) is 0 Å². The van der Waals surface area contributed by atoms with E-state index >= 15 is 0 Å². The Hall–Kier alpha value is -3.46. The van der Waals surface area contributed by atoms with Crippen LogP contribution in [-0.4, -0.2) is 12.2 Å². The van der Waals surface area contributed by atoms with Crippen LogP contribution >= 0.6 is 0 Å². The Morgan fingerprint density at radius 2 is 1.37 bits per heavy atom. The van der Waals surface area contributed by atoms with E-state index in [1.807, 2.05) is 48.5 Å². The molecule has 3 heteroatoms. The third-order valence-electron chi connectivity index (χ3n) is 6.53. The number of hydrogen-bond donors (Lipinski definition) is 1.